The summed E-state index contributed by atoms with van der Waals surface area (Å²) in [5.74, 6) is 0.382. The lowest BCUT2D eigenvalue weighted by molar-refractivity contribution is 0.102. The second-order valence-electron chi connectivity index (χ2n) is 11.6. The lowest BCUT2D eigenvalue weighted by atomic mass is 9.87. The number of hydrogen-bond donors (Lipinski definition) is 2. The van der Waals surface area contributed by atoms with Crippen molar-refractivity contribution in [2.75, 3.05) is 23.3 Å². The van der Waals surface area contributed by atoms with Crippen molar-refractivity contribution < 1.29 is 22.7 Å². The van der Waals surface area contributed by atoms with Crippen molar-refractivity contribution in [2.24, 2.45) is 0 Å². The van der Waals surface area contributed by atoms with Crippen LogP contribution >= 0.6 is 0 Å². The Labute approximate surface area is 268 Å². The number of benzene rings is 3. The maximum absolute atomic E-state index is 13.4. The largest absolute Gasteiger partial charge is 0.474 e. The fourth-order valence-electron chi connectivity index (χ4n) is 4.47. The van der Waals surface area contributed by atoms with Gasteiger partial charge in [-0.2, -0.15) is 0 Å². The van der Waals surface area contributed by atoms with Crippen LogP contribution in [0.1, 0.15) is 42.3 Å². The Morgan fingerprint density at radius 1 is 0.804 bits per heavy atom. The maximum atomic E-state index is 13.4. The Morgan fingerprint density at radius 3 is 2.15 bits per heavy atom. The molecule has 0 radical (unpaired) electrons. The Balaban J connectivity index is 1.28. The van der Waals surface area contributed by atoms with Crippen LogP contribution in [0.15, 0.2) is 108 Å². The number of ether oxygens (including phenoxy) is 2. The van der Waals surface area contributed by atoms with Crippen molar-refractivity contribution in [2.45, 2.75) is 38.0 Å². The molecule has 5 aromatic rings. The molecule has 236 valence electrons. The standard InChI is InChI=1S/C35H35N5O5S/c1-24-10-12-25(13-11-24)31-32(40-46(42,43)29-17-14-27(15-18-29)35(2,3)4)37-23-38-34(31)45-21-20-44-30-19-16-28(22-36-30)39-33(41)26-8-6-5-7-9-26/h5-19,22-23H,20-21H2,1-4H3,(H,39,41)(H,37,38,40). The van der Waals surface area contributed by atoms with Crippen LogP contribution in [0.2, 0.25) is 0 Å². The molecule has 10 nitrogen and oxygen atoms in total. The molecule has 0 bridgehead atoms. The molecule has 0 atom stereocenters. The molecule has 3 aromatic carbocycles. The van der Waals surface area contributed by atoms with E-state index >= 15 is 0 Å². The fourth-order valence-corrected chi connectivity index (χ4v) is 5.50. The second kappa shape index (κ2) is 13.8. The SMILES string of the molecule is Cc1ccc(-c2c(NS(=O)(=O)c3ccc(C(C)(C)C)cc3)ncnc2OCCOc2ccc(NC(=O)c3ccccc3)cn2)cc1. The third-order valence-corrected chi connectivity index (χ3v) is 8.37. The van der Waals surface area contributed by atoms with E-state index in [9.17, 15) is 13.2 Å². The van der Waals surface area contributed by atoms with Crippen LogP contribution in [0.4, 0.5) is 11.5 Å². The first-order chi connectivity index (χ1) is 22.0. The molecule has 5 rings (SSSR count). The van der Waals surface area contributed by atoms with E-state index in [0.29, 0.717) is 28.3 Å². The first-order valence-corrected chi connectivity index (χ1v) is 16.1. The minimum Gasteiger partial charge on any atom is -0.474 e. The smallest absolute Gasteiger partial charge is 0.263 e. The molecule has 0 saturated heterocycles. The molecule has 0 aliphatic rings. The van der Waals surface area contributed by atoms with Gasteiger partial charge in [-0.15, -0.1) is 0 Å². The molecule has 0 spiro atoms. The van der Waals surface area contributed by atoms with Crippen molar-refractivity contribution in [3.05, 3.63) is 120 Å². The Morgan fingerprint density at radius 2 is 1.50 bits per heavy atom. The third-order valence-electron chi connectivity index (χ3n) is 7.02. The van der Waals surface area contributed by atoms with Gasteiger partial charge in [0.15, 0.2) is 5.82 Å². The van der Waals surface area contributed by atoms with Gasteiger partial charge in [-0.05, 0) is 53.8 Å². The average Bonchev–Trinajstić information content (AvgIpc) is 3.04. The summed E-state index contributed by atoms with van der Waals surface area (Å²) in [5.41, 5.74) is 4.09. The normalized spacial score (nSPS) is 11.5. The van der Waals surface area contributed by atoms with E-state index in [-0.39, 0.29) is 41.1 Å². The molecule has 46 heavy (non-hydrogen) atoms. The van der Waals surface area contributed by atoms with Gasteiger partial charge >= 0.3 is 0 Å². The first kappa shape index (κ1) is 32.1. The van der Waals surface area contributed by atoms with E-state index in [0.717, 1.165) is 11.1 Å². The van der Waals surface area contributed by atoms with Crippen molar-refractivity contribution in [3.63, 3.8) is 0 Å². The topological polar surface area (TPSA) is 132 Å². The van der Waals surface area contributed by atoms with E-state index in [1.807, 2.05) is 49.4 Å². The maximum Gasteiger partial charge on any atom is 0.263 e. The number of anilines is 2. The fraction of sp³-hybridized carbons (Fsp3) is 0.200. The van der Waals surface area contributed by atoms with E-state index in [4.69, 9.17) is 9.47 Å². The summed E-state index contributed by atoms with van der Waals surface area (Å²) < 4.78 is 41.2. The summed E-state index contributed by atoms with van der Waals surface area (Å²) in [6.07, 6.45) is 2.75. The van der Waals surface area contributed by atoms with Crippen LogP contribution in [0.5, 0.6) is 11.8 Å². The van der Waals surface area contributed by atoms with Gasteiger partial charge in [0.2, 0.25) is 11.8 Å². The molecule has 0 aliphatic carbocycles. The van der Waals surface area contributed by atoms with Crippen molar-refractivity contribution in [1.29, 1.82) is 0 Å². The molecule has 11 heteroatoms. The van der Waals surface area contributed by atoms with E-state index in [1.54, 1.807) is 48.5 Å². The van der Waals surface area contributed by atoms with Gasteiger partial charge in [0.1, 0.15) is 19.5 Å². The quantitative estimate of drug-likeness (QED) is 0.154. The highest BCUT2D eigenvalue weighted by molar-refractivity contribution is 7.92. The number of sulfonamides is 1. The second-order valence-corrected chi connectivity index (χ2v) is 13.2. The van der Waals surface area contributed by atoms with Crippen molar-refractivity contribution in [3.8, 4) is 22.9 Å². The molecule has 1 amide bonds. The van der Waals surface area contributed by atoms with E-state index < -0.39 is 10.0 Å². The number of carbonyl (C=O) groups excluding carboxylic acids is 1. The number of nitrogens with zero attached hydrogens (tertiary/aromatic N) is 3. The van der Waals surface area contributed by atoms with Crippen LogP contribution in [-0.2, 0) is 15.4 Å². The van der Waals surface area contributed by atoms with E-state index in [2.05, 4.69) is 45.8 Å². The number of aryl methyl sites for hydroxylation is 1. The average molecular weight is 638 g/mol. The molecule has 0 unspecified atom stereocenters. The Bertz CT molecular complexity index is 1890. The van der Waals surface area contributed by atoms with Gasteiger partial charge in [-0.25, -0.2) is 23.4 Å². The highest BCUT2D eigenvalue weighted by Gasteiger charge is 2.23. The first-order valence-electron chi connectivity index (χ1n) is 14.6. The van der Waals surface area contributed by atoms with Gasteiger partial charge in [-0.1, -0.05) is 80.9 Å². The highest BCUT2D eigenvalue weighted by atomic mass is 32.2. The van der Waals surface area contributed by atoms with E-state index in [1.165, 1.54) is 12.5 Å². The number of aromatic nitrogens is 3. The zero-order chi connectivity index (χ0) is 32.7. The zero-order valence-electron chi connectivity index (χ0n) is 26.0. The molecule has 2 aromatic heterocycles. The summed E-state index contributed by atoms with van der Waals surface area (Å²) in [4.78, 5) is 25.3. The Kier molecular flexibility index (Phi) is 9.62. The lowest BCUT2D eigenvalue weighted by Crippen LogP contribution is -2.17. The third kappa shape index (κ3) is 8.05. The molecule has 0 fully saturated rings. The van der Waals surface area contributed by atoms with Crippen molar-refractivity contribution in [1.82, 2.24) is 15.0 Å². The highest BCUT2D eigenvalue weighted by Crippen LogP contribution is 2.35. The zero-order valence-corrected chi connectivity index (χ0v) is 26.8. The summed E-state index contributed by atoms with van der Waals surface area (Å²) in [6.45, 7) is 8.37. The molecule has 2 heterocycles. The number of amides is 1. The molecule has 2 N–H and O–H groups in total. The van der Waals surface area contributed by atoms with Crippen molar-refractivity contribution >= 4 is 27.4 Å². The van der Waals surface area contributed by atoms with Crippen LogP contribution in [0, 0.1) is 6.92 Å². The molecular formula is C35H35N5O5S. The molecule has 0 saturated carbocycles. The van der Waals surface area contributed by atoms with Gasteiger partial charge in [-0.3, -0.25) is 9.52 Å². The van der Waals surface area contributed by atoms with Crippen LogP contribution in [0.25, 0.3) is 11.1 Å². The summed E-state index contributed by atoms with van der Waals surface area (Å²) in [6, 6.07) is 26.6. The van der Waals surface area contributed by atoms with Gasteiger partial charge in [0.25, 0.3) is 15.9 Å². The lowest BCUT2D eigenvalue weighted by Gasteiger charge is -2.19. The molecule has 0 aliphatic heterocycles. The van der Waals surface area contributed by atoms with Crippen LogP contribution in [0.3, 0.4) is 0 Å². The van der Waals surface area contributed by atoms with Crippen LogP contribution in [-0.4, -0.2) is 42.5 Å². The predicted octanol–water partition coefficient (Wildman–Crippen LogP) is 6.66. The number of hydrogen-bond acceptors (Lipinski definition) is 8. The summed E-state index contributed by atoms with van der Waals surface area (Å²) in [7, 11) is -3.97. The number of nitrogens with one attached hydrogen (secondary N) is 2. The van der Waals surface area contributed by atoms with Gasteiger partial charge < -0.3 is 14.8 Å². The summed E-state index contributed by atoms with van der Waals surface area (Å²) in [5, 5.41) is 2.79. The predicted molar refractivity (Wildman–Crippen MR) is 178 cm³/mol. The number of pyridine rings is 1. The Hall–Kier alpha value is -5.29. The minimum atomic E-state index is -3.97. The van der Waals surface area contributed by atoms with Gasteiger partial charge in [0, 0.05) is 11.6 Å². The summed E-state index contributed by atoms with van der Waals surface area (Å²) >= 11 is 0. The van der Waals surface area contributed by atoms with Gasteiger partial charge in [0.05, 0.1) is 22.3 Å². The van der Waals surface area contributed by atoms with Crippen LogP contribution < -0.4 is 19.5 Å². The number of carbonyl (C=O) groups is 1. The monoisotopic (exact) mass is 637 g/mol. The minimum absolute atomic E-state index is 0.0875. The number of rotatable bonds is 11. The molecular weight excluding hydrogens is 602 g/mol.